The first-order valence-corrected chi connectivity index (χ1v) is 4.75. The zero-order chi connectivity index (χ0) is 10.1. The van der Waals surface area contributed by atoms with Gasteiger partial charge in [-0.15, -0.1) is 0 Å². The largest absolute Gasteiger partial charge is 0.399 e. The Kier molecular flexibility index (Phi) is 2.10. The minimum Gasteiger partial charge on any atom is -0.399 e. The van der Waals surface area contributed by atoms with E-state index in [2.05, 4.69) is 27.0 Å². The summed E-state index contributed by atoms with van der Waals surface area (Å²) < 4.78 is 0.748. The van der Waals surface area contributed by atoms with Crippen LogP contribution in [-0.2, 0) is 0 Å². The van der Waals surface area contributed by atoms with E-state index in [-0.39, 0.29) is 0 Å². The van der Waals surface area contributed by atoms with Crippen LogP contribution in [0.15, 0.2) is 28.9 Å². The van der Waals surface area contributed by atoms with Crippen molar-refractivity contribution in [1.82, 2.24) is 4.98 Å². The van der Waals surface area contributed by atoms with E-state index in [1.54, 1.807) is 18.3 Å². The molecule has 1 aromatic heterocycles. The molecule has 2 aromatic rings. The van der Waals surface area contributed by atoms with E-state index >= 15 is 0 Å². The number of pyridine rings is 1. The Morgan fingerprint density at radius 1 is 1.43 bits per heavy atom. The summed E-state index contributed by atoms with van der Waals surface area (Å²) >= 11 is 3.36. The summed E-state index contributed by atoms with van der Waals surface area (Å²) in [5.74, 6) is 0. The van der Waals surface area contributed by atoms with E-state index in [9.17, 15) is 0 Å². The van der Waals surface area contributed by atoms with Crippen LogP contribution in [0.2, 0.25) is 0 Å². The van der Waals surface area contributed by atoms with Crippen molar-refractivity contribution < 1.29 is 0 Å². The van der Waals surface area contributed by atoms with Crippen LogP contribution in [0.1, 0.15) is 5.56 Å². The van der Waals surface area contributed by atoms with E-state index in [1.807, 2.05) is 6.07 Å². The molecule has 0 saturated heterocycles. The summed E-state index contributed by atoms with van der Waals surface area (Å²) in [6.45, 7) is 0. The number of halogens is 1. The van der Waals surface area contributed by atoms with Crippen molar-refractivity contribution in [2.24, 2.45) is 0 Å². The third-order valence-corrected chi connectivity index (χ3v) is 2.80. The molecule has 0 atom stereocenters. The van der Waals surface area contributed by atoms with E-state index in [4.69, 9.17) is 11.0 Å². The molecule has 1 aromatic carbocycles. The van der Waals surface area contributed by atoms with Gasteiger partial charge in [-0.05, 0) is 34.1 Å². The highest BCUT2D eigenvalue weighted by atomic mass is 79.9. The van der Waals surface area contributed by atoms with Gasteiger partial charge >= 0.3 is 0 Å². The predicted molar refractivity (Wildman–Crippen MR) is 58.6 cm³/mol. The van der Waals surface area contributed by atoms with Crippen LogP contribution in [0.25, 0.3) is 10.9 Å². The van der Waals surface area contributed by atoms with Crippen LogP contribution >= 0.6 is 15.9 Å². The highest BCUT2D eigenvalue weighted by molar-refractivity contribution is 9.10. The molecule has 0 fully saturated rings. The second-order valence-corrected chi connectivity index (χ2v) is 3.67. The summed E-state index contributed by atoms with van der Waals surface area (Å²) in [6.07, 6.45) is 1.54. The predicted octanol–water partition coefficient (Wildman–Crippen LogP) is 2.45. The maximum Gasteiger partial charge on any atom is 0.102 e. The zero-order valence-corrected chi connectivity index (χ0v) is 8.75. The first-order valence-electron chi connectivity index (χ1n) is 3.96. The van der Waals surface area contributed by atoms with Gasteiger partial charge < -0.3 is 5.73 Å². The van der Waals surface area contributed by atoms with Crippen molar-refractivity contribution in [3.8, 4) is 6.07 Å². The minimum absolute atomic E-state index is 0.517. The molecule has 0 aliphatic rings. The van der Waals surface area contributed by atoms with E-state index in [0.717, 1.165) is 15.4 Å². The number of nitrogens with two attached hydrogens (primary N) is 1. The molecular formula is C10H6BrN3. The Balaban J connectivity index is 2.88. The van der Waals surface area contributed by atoms with Crippen molar-refractivity contribution in [3.63, 3.8) is 0 Å². The first kappa shape index (κ1) is 8.97. The Labute approximate surface area is 89.3 Å². The van der Waals surface area contributed by atoms with Gasteiger partial charge in [-0.25, -0.2) is 0 Å². The van der Waals surface area contributed by atoms with Crippen LogP contribution < -0.4 is 5.73 Å². The fourth-order valence-corrected chi connectivity index (χ4v) is 1.76. The highest BCUT2D eigenvalue weighted by Gasteiger charge is 2.05. The van der Waals surface area contributed by atoms with Crippen molar-refractivity contribution >= 4 is 32.5 Å². The Morgan fingerprint density at radius 3 is 2.93 bits per heavy atom. The summed E-state index contributed by atoms with van der Waals surface area (Å²) in [5, 5.41) is 9.66. The standard InChI is InChI=1S/C10H6BrN3/c11-10-6(4-12)5-14-9-2-1-7(13)3-8(9)10/h1-3,5H,13H2. The SMILES string of the molecule is N#Cc1cnc2ccc(N)cc2c1Br. The number of anilines is 1. The topological polar surface area (TPSA) is 62.7 Å². The van der Waals surface area contributed by atoms with Gasteiger partial charge in [-0.3, -0.25) is 4.98 Å². The van der Waals surface area contributed by atoms with Gasteiger partial charge in [0.15, 0.2) is 0 Å². The quantitative estimate of drug-likeness (QED) is 0.728. The molecule has 14 heavy (non-hydrogen) atoms. The van der Waals surface area contributed by atoms with Gasteiger partial charge in [0.05, 0.1) is 11.1 Å². The van der Waals surface area contributed by atoms with Gasteiger partial charge in [0.2, 0.25) is 0 Å². The third kappa shape index (κ3) is 1.32. The fourth-order valence-electron chi connectivity index (χ4n) is 1.26. The van der Waals surface area contributed by atoms with Crippen molar-refractivity contribution in [2.45, 2.75) is 0 Å². The summed E-state index contributed by atoms with van der Waals surface area (Å²) in [5.41, 5.74) is 7.66. The molecule has 1 heterocycles. The van der Waals surface area contributed by atoms with Gasteiger partial charge in [0.1, 0.15) is 6.07 Å². The number of fused-ring (bicyclic) bond motifs is 1. The van der Waals surface area contributed by atoms with Gasteiger partial charge in [-0.1, -0.05) is 0 Å². The van der Waals surface area contributed by atoms with E-state index in [0.29, 0.717) is 11.3 Å². The van der Waals surface area contributed by atoms with Crippen LogP contribution in [0, 0.1) is 11.3 Å². The molecule has 0 aliphatic carbocycles. The molecule has 68 valence electrons. The van der Waals surface area contributed by atoms with Gasteiger partial charge in [0.25, 0.3) is 0 Å². The fraction of sp³-hybridized carbons (Fsp3) is 0. The average Bonchev–Trinajstić information content (AvgIpc) is 2.20. The lowest BCUT2D eigenvalue weighted by molar-refractivity contribution is 1.36. The normalized spacial score (nSPS) is 10.0. The van der Waals surface area contributed by atoms with Crippen LogP contribution in [0.4, 0.5) is 5.69 Å². The average molecular weight is 248 g/mol. The second-order valence-electron chi connectivity index (χ2n) is 2.87. The lowest BCUT2D eigenvalue weighted by Gasteiger charge is -2.02. The van der Waals surface area contributed by atoms with Gasteiger partial charge in [0, 0.05) is 21.7 Å². The van der Waals surface area contributed by atoms with Crippen LogP contribution in [-0.4, -0.2) is 4.98 Å². The molecule has 2 N–H and O–H groups in total. The molecule has 0 spiro atoms. The Morgan fingerprint density at radius 2 is 2.21 bits per heavy atom. The summed E-state index contributed by atoms with van der Waals surface area (Å²) in [4.78, 5) is 4.15. The Bertz CT molecular complexity index is 543. The lowest BCUT2D eigenvalue weighted by Crippen LogP contribution is -1.88. The monoisotopic (exact) mass is 247 g/mol. The molecule has 0 radical (unpaired) electrons. The number of benzene rings is 1. The number of hydrogen-bond donors (Lipinski definition) is 1. The number of rotatable bonds is 0. The molecular weight excluding hydrogens is 242 g/mol. The number of nitrogens with zero attached hydrogens (tertiary/aromatic N) is 2. The maximum atomic E-state index is 8.80. The van der Waals surface area contributed by atoms with Crippen molar-refractivity contribution in [2.75, 3.05) is 5.73 Å². The number of hydrogen-bond acceptors (Lipinski definition) is 3. The van der Waals surface area contributed by atoms with E-state index in [1.165, 1.54) is 0 Å². The second kappa shape index (κ2) is 3.28. The van der Waals surface area contributed by atoms with Crippen molar-refractivity contribution in [3.05, 3.63) is 34.4 Å². The van der Waals surface area contributed by atoms with E-state index < -0.39 is 0 Å². The minimum atomic E-state index is 0.517. The summed E-state index contributed by atoms with van der Waals surface area (Å²) in [6, 6.07) is 7.47. The van der Waals surface area contributed by atoms with Crippen molar-refractivity contribution in [1.29, 1.82) is 5.26 Å². The highest BCUT2D eigenvalue weighted by Crippen LogP contribution is 2.26. The smallest absolute Gasteiger partial charge is 0.102 e. The molecule has 0 amide bonds. The molecule has 4 heteroatoms. The Hall–Kier alpha value is -1.60. The first-order chi connectivity index (χ1) is 6.72. The lowest BCUT2D eigenvalue weighted by atomic mass is 10.1. The maximum absolute atomic E-state index is 8.80. The third-order valence-electron chi connectivity index (χ3n) is 1.95. The van der Waals surface area contributed by atoms with Crippen LogP contribution in [0.3, 0.4) is 0 Å². The van der Waals surface area contributed by atoms with Crippen LogP contribution in [0.5, 0.6) is 0 Å². The number of nitriles is 1. The molecule has 0 bridgehead atoms. The molecule has 0 unspecified atom stereocenters. The molecule has 2 rings (SSSR count). The molecule has 3 nitrogen and oxygen atoms in total. The van der Waals surface area contributed by atoms with Gasteiger partial charge in [-0.2, -0.15) is 5.26 Å². The number of nitrogen functional groups attached to an aromatic ring is 1. The zero-order valence-electron chi connectivity index (χ0n) is 7.16. The molecule has 0 saturated carbocycles. The summed E-state index contributed by atoms with van der Waals surface area (Å²) in [7, 11) is 0. The number of aromatic nitrogens is 1. The molecule has 0 aliphatic heterocycles.